The third kappa shape index (κ3) is 1.78. The van der Waals surface area contributed by atoms with Crippen molar-refractivity contribution in [2.75, 3.05) is 0 Å². The van der Waals surface area contributed by atoms with E-state index in [4.69, 9.17) is 0 Å². The molecular weight excluding hydrogens is 224 g/mol. The van der Waals surface area contributed by atoms with Crippen LogP contribution in [0.4, 0.5) is 17.6 Å². The largest absolute Gasteiger partial charge is 0.235 e. The average molecular weight is 230 g/mol. The molecule has 1 heterocycles. The summed E-state index contributed by atoms with van der Waals surface area (Å²) in [6, 6.07) is 2.50. The first kappa shape index (κ1) is 10.7. The minimum Gasteiger partial charge on any atom is -0.235 e. The summed E-state index contributed by atoms with van der Waals surface area (Å²) in [5, 5.41) is 3.51. The van der Waals surface area contributed by atoms with Gasteiger partial charge in [0, 0.05) is 11.6 Å². The lowest BCUT2D eigenvalue weighted by molar-refractivity contribution is 0.441. The molecule has 16 heavy (non-hydrogen) atoms. The van der Waals surface area contributed by atoms with Crippen LogP contribution >= 0.6 is 0 Å². The molecule has 2 rings (SSSR count). The van der Waals surface area contributed by atoms with E-state index >= 15 is 0 Å². The highest BCUT2D eigenvalue weighted by Gasteiger charge is 2.15. The lowest BCUT2D eigenvalue weighted by atomic mass is 10.2. The fraction of sp³-hybridized carbons (Fsp3) is 0.100. The van der Waals surface area contributed by atoms with E-state index < -0.39 is 35.5 Å². The van der Waals surface area contributed by atoms with Gasteiger partial charge in [-0.15, -0.1) is 0 Å². The van der Waals surface area contributed by atoms with Gasteiger partial charge in [-0.25, -0.2) is 17.9 Å². The summed E-state index contributed by atoms with van der Waals surface area (Å²) in [6.45, 7) is -0.492. The zero-order chi connectivity index (χ0) is 11.7. The summed E-state index contributed by atoms with van der Waals surface area (Å²) in [7, 11) is 0. The first-order valence-electron chi connectivity index (χ1n) is 4.39. The third-order valence-corrected chi connectivity index (χ3v) is 2.11. The highest BCUT2D eigenvalue weighted by molar-refractivity contribution is 5.21. The number of nitrogens with zero attached hydrogens (tertiary/aromatic N) is 2. The summed E-state index contributed by atoms with van der Waals surface area (Å²) in [4.78, 5) is 0. The minimum atomic E-state index is -1.32. The van der Waals surface area contributed by atoms with E-state index in [9.17, 15) is 17.6 Å². The van der Waals surface area contributed by atoms with Crippen LogP contribution < -0.4 is 0 Å². The predicted octanol–water partition coefficient (Wildman–Crippen LogP) is 2.49. The van der Waals surface area contributed by atoms with Gasteiger partial charge in [0.25, 0.3) is 0 Å². The molecule has 0 N–H and O–H groups in total. The van der Waals surface area contributed by atoms with Crippen LogP contribution in [-0.4, -0.2) is 9.78 Å². The van der Waals surface area contributed by atoms with Crippen molar-refractivity contribution in [3.63, 3.8) is 0 Å². The molecule has 2 aromatic rings. The molecule has 0 saturated carbocycles. The van der Waals surface area contributed by atoms with Crippen molar-refractivity contribution >= 4 is 0 Å². The molecule has 6 heteroatoms. The van der Waals surface area contributed by atoms with Crippen molar-refractivity contribution < 1.29 is 17.6 Å². The number of halogens is 4. The highest BCUT2D eigenvalue weighted by atomic mass is 19.2. The van der Waals surface area contributed by atoms with Gasteiger partial charge in [-0.1, -0.05) is 0 Å². The van der Waals surface area contributed by atoms with Gasteiger partial charge in [-0.3, -0.25) is 0 Å². The van der Waals surface area contributed by atoms with Crippen molar-refractivity contribution in [3.05, 3.63) is 53.4 Å². The van der Waals surface area contributed by atoms with Crippen LogP contribution in [0.1, 0.15) is 5.56 Å². The first-order valence-corrected chi connectivity index (χ1v) is 4.39. The van der Waals surface area contributed by atoms with Crippen LogP contribution in [-0.2, 0) is 6.54 Å². The second kappa shape index (κ2) is 3.96. The van der Waals surface area contributed by atoms with Crippen LogP contribution in [0, 0.1) is 23.4 Å². The van der Waals surface area contributed by atoms with E-state index in [0.717, 1.165) is 23.0 Å². The minimum absolute atomic E-state index is 0.492. The summed E-state index contributed by atoms with van der Waals surface area (Å²) in [6.07, 6.45) is 1.14. The number of benzene rings is 1. The molecule has 0 bridgehead atoms. The van der Waals surface area contributed by atoms with E-state index in [-0.39, 0.29) is 0 Å². The lowest BCUT2D eigenvalue weighted by Crippen LogP contribution is -2.09. The van der Waals surface area contributed by atoms with Gasteiger partial charge in [0.15, 0.2) is 11.6 Å². The van der Waals surface area contributed by atoms with Gasteiger partial charge in [-0.2, -0.15) is 9.49 Å². The topological polar surface area (TPSA) is 17.8 Å². The monoisotopic (exact) mass is 230 g/mol. The molecule has 0 saturated heterocycles. The molecule has 0 spiro atoms. The second-order valence-corrected chi connectivity index (χ2v) is 3.13. The van der Waals surface area contributed by atoms with E-state index in [1.165, 1.54) is 0 Å². The standard InChI is InChI=1S/C10H6F4N2/c11-7-1-2-8(12)10(14)6(7)5-16-9(13)3-4-15-16/h1-4H,5H2. The van der Waals surface area contributed by atoms with Gasteiger partial charge < -0.3 is 0 Å². The maximum atomic E-state index is 13.2. The zero-order valence-corrected chi connectivity index (χ0v) is 7.92. The van der Waals surface area contributed by atoms with Crippen LogP contribution in [0.2, 0.25) is 0 Å². The van der Waals surface area contributed by atoms with E-state index in [1.54, 1.807) is 0 Å². The van der Waals surface area contributed by atoms with Gasteiger partial charge in [-0.05, 0) is 12.1 Å². The Morgan fingerprint density at radius 3 is 2.31 bits per heavy atom. The molecule has 0 amide bonds. The maximum Gasteiger partial charge on any atom is 0.211 e. The highest BCUT2D eigenvalue weighted by Crippen LogP contribution is 2.17. The molecule has 0 aliphatic heterocycles. The molecule has 0 atom stereocenters. The van der Waals surface area contributed by atoms with Gasteiger partial charge >= 0.3 is 0 Å². The Morgan fingerprint density at radius 1 is 1.00 bits per heavy atom. The SMILES string of the molecule is Fc1ccc(F)c(Cn2nccc2F)c1F. The fourth-order valence-electron chi connectivity index (χ4n) is 1.30. The van der Waals surface area contributed by atoms with E-state index in [2.05, 4.69) is 5.10 Å². The van der Waals surface area contributed by atoms with Crippen LogP contribution in [0.3, 0.4) is 0 Å². The van der Waals surface area contributed by atoms with Crippen molar-refractivity contribution in [3.8, 4) is 0 Å². The lowest BCUT2D eigenvalue weighted by Gasteiger charge is -2.06. The molecule has 0 unspecified atom stereocenters. The second-order valence-electron chi connectivity index (χ2n) is 3.13. The van der Waals surface area contributed by atoms with Gasteiger partial charge in [0.1, 0.15) is 5.82 Å². The molecule has 0 aliphatic rings. The van der Waals surface area contributed by atoms with Crippen LogP contribution in [0.15, 0.2) is 24.4 Å². The molecule has 0 aliphatic carbocycles. The van der Waals surface area contributed by atoms with Crippen molar-refractivity contribution in [1.82, 2.24) is 9.78 Å². The smallest absolute Gasteiger partial charge is 0.211 e. The zero-order valence-electron chi connectivity index (χ0n) is 7.92. The molecule has 1 aromatic heterocycles. The Morgan fingerprint density at radius 2 is 1.69 bits per heavy atom. The van der Waals surface area contributed by atoms with Crippen molar-refractivity contribution in [2.24, 2.45) is 0 Å². The van der Waals surface area contributed by atoms with Crippen molar-refractivity contribution in [1.29, 1.82) is 0 Å². The third-order valence-electron chi connectivity index (χ3n) is 2.11. The normalized spacial score (nSPS) is 10.8. The molecule has 2 nitrogen and oxygen atoms in total. The summed E-state index contributed by atoms with van der Waals surface area (Å²) >= 11 is 0. The Labute approximate surface area is 88.1 Å². The maximum absolute atomic E-state index is 13.2. The average Bonchev–Trinajstić information content (AvgIpc) is 2.65. The molecule has 1 aromatic carbocycles. The number of hydrogen-bond acceptors (Lipinski definition) is 1. The molecule has 0 radical (unpaired) electrons. The number of hydrogen-bond donors (Lipinski definition) is 0. The summed E-state index contributed by atoms with van der Waals surface area (Å²) in [5.74, 6) is -4.18. The Bertz CT molecular complexity index is 522. The molecule has 84 valence electrons. The van der Waals surface area contributed by atoms with E-state index in [1.807, 2.05) is 0 Å². The quantitative estimate of drug-likeness (QED) is 0.572. The number of rotatable bonds is 2. The fourth-order valence-corrected chi connectivity index (χ4v) is 1.30. The van der Waals surface area contributed by atoms with Gasteiger partial charge in [0.2, 0.25) is 5.95 Å². The molecular formula is C10H6F4N2. The van der Waals surface area contributed by atoms with E-state index in [0.29, 0.717) is 6.07 Å². The van der Waals surface area contributed by atoms with Crippen LogP contribution in [0.25, 0.3) is 0 Å². The van der Waals surface area contributed by atoms with Gasteiger partial charge in [0.05, 0.1) is 12.7 Å². The molecule has 0 fully saturated rings. The Hall–Kier alpha value is -1.85. The first-order chi connectivity index (χ1) is 7.59. The Kier molecular flexibility index (Phi) is 2.64. The number of aromatic nitrogens is 2. The van der Waals surface area contributed by atoms with Crippen LogP contribution in [0.5, 0.6) is 0 Å². The summed E-state index contributed by atoms with van der Waals surface area (Å²) in [5.41, 5.74) is -0.553. The predicted molar refractivity (Wildman–Crippen MR) is 47.6 cm³/mol. The summed E-state index contributed by atoms with van der Waals surface area (Å²) < 4.78 is 52.9. The Balaban J connectivity index is 2.42. The van der Waals surface area contributed by atoms with Crippen molar-refractivity contribution in [2.45, 2.75) is 6.54 Å².